The highest BCUT2D eigenvalue weighted by Gasteiger charge is 2.35. The summed E-state index contributed by atoms with van der Waals surface area (Å²) < 4.78 is 5.23. The van der Waals surface area contributed by atoms with Crippen LogP contribution in [0.4, 0.5) is 0 Å². The van der Waals surface area contributed by atoms with E-state index in [0.29, 0.717) is 34.3 Å². The van der Waals surface area contributed by atoms with Crippen LogP contribution in [0.1, 0.15) is 35.4 Å². The molecule has 1 fully saturated rings. The van der Waals surface area contributed by atoms with Crippen molar-refractivity contribution >= 4 is 35.1 Å². The van der Waals surface area contributed by atoms with Crippen molar-refractivity contribution in [1.82, 2.24) is 10.1 Å². The lowest BCUT2D eigenvalue weighted by molar-refractivity contribution is -0.137. The average molecular weight is 383 g/mol. The van der Waals surface area contributed by atoms with Crippen molar-refractivity contribution in [2.24, 2.45) is 0 Å². The van der Waals surface area contributed by atoms with Crippen LogP contribution in [0.2, 0.25) is 10.0 Å². The molecule has 1 amide bonds. The first-order chi connectivity index (χ1) is 11.9. The van der Waals surface area contributed by atoms with Crippen LogP contribution in [0.5, 0.6) is 0 Å². The fourth-order valence-corrected chi connectivity index (χ4v) is 3.76. The van der Waals surface area contributed by atoms with Gasteiger partial charge in [0.2, 0.25) is 0 Å². The van der Waals surface area contributed by atoms with E-state index < -0.39 is 5.97 Å². The molecule has 0 bridgehead atoms. The van der Waals surface area contributed by atoms with E-state index in [-0.39, 0.29) is 29.6 Å². The number of nitrogens with zero attached hydrogens (tertiary/aromatic N) is 2. The highest BCUT2D eigenvalue weighted by Crippen LogP contribution is 2.38. The number of aryl methyl sites for hydroxylation is 1. The summed E-state index contributed by atoms with van der Waals surface area (Å²) >= 11 is 12.5. The summed E-state index contributed by atoms with van der Waals surface area (Å²) in [4.78, 5) is 25.7. The highest BCUT2D eigenvalue weighted by molar-refractivity contribution is 6.39. The highest BCUT2D eigenvalue weighted by atomic mass is 35.5. The second-order valence-electron chi connectivity index (χ2n) is 5.95. The number of carboxylic acids is 1. The SMILES string of the molecule is Cc1onc(-c2c(Cl)cccc2Cl)c1C(=O)N1CCCC1CC(=O)O. The first-order valence-electron chi connectivity index (χ1n) is 7.83. The van der Waals surface area contributed by atoms with Gasteiger partial charge in [0.15, 0.2) is 0 Å². The largest absolute Gasteiger partial charge is 0.481 e. The zero-order valence-corrected chi connectivity index (χ0v) is 15.0. The lowest BCUT2D eigenvalue weighted by Gasteiger charge is -2.23. The number of carbonyl (C=O) groups is 2. The van der Waals surface area contributed by atoms with Crippen LogP contribution in [0.3, 0.4) is 0 Å². The zero-order valence-electron chi connectivity index (χ0n) is 13.5. The molecular weight excluding hydrogens is 367 g/mol. The molecule has 6 nitrogen and oxygen atoms in total. The van der Waals surface area contributed by atoms with Crippen LogP contribution in [0, 0.1) is 6.92 Å². The lowest BCUT2D eigenvalue weighted by atomic mass is 10.0. The van der Waals surface area contributed by atoms with E-state index in [2.05, 4.69) is 5.16 Å². The number of aliphatic carboxylic acids is 1. The molecule has 0 aliphatic carbocycles. The quantitative estimate of drug-likeness (QED) is 0.862. The molecule has 1 aromatic carbocycles. The number of rotatable bonds is 4. The summed E-state index contributed by atoms with van der Waals surface area (Å²) in [5.41, 5.74) is 0.978. The Balaban J connectivity index is 2.02. The third-order valence-electron chi connectivity index (χ3n) is 4.32. The Labute approximate surface area is 154 Å². The van der Waals surface area contributed by atoms with Crippen LogP contribution < -0.4 is 0 Å². The normalized spacial score (nSPS) is 17.1. The van der Waals surface area contributed by atoms with Crippen molar-refractivity contribution in [3.63, 3.8) is 0 Å². The summed E-state index contributed by atoms with van der Waals surface area (Å²) in [5, 5.41) is 13.8. The number of carbonyl (C=O) groups excluding carboxylic acids is 1. The van der Waals surface area contributed by atoms with Crippen molar-refractivity contribution in [3.8, 4) is 11.3 Å². The van der Waals surface area contributed by atoms with E-state index in [1.54, 1.807) is 30.0 Å². The van der Waals surface area contributed by atoms with E-state index in [1.165, 1.54) is 0 Å². The van der Waals surface area contributed by atoms with Gasteiger partial charge in [-0.25, -0.2) is 0 Å². The molecule has 0 spiro atoms. The maximum Gasteiger partial charge on any atom is 0.305 e. The van der Waals surface area contributed by atoms with Gasteiger partial charge in [0.05, 0.1) is 16.5 Å². The van der Waals surface area contributed by atoms with Crippen molar-refractivity contribution in [1.29, 1.82) is 0 Å². The fourth-order valence-electron chi connectivity index (χ4n) is 3.18. The maximum absolute atomic E-state index is 13.1. The summed E-state index contributed by atoms with van der Waals surface area (Å²) in [6, 6.07) is 4.68. The van der Waals surface area contributed by atoms with Gasteiger partial charge in [-0.05, 0) is 31.9 Å². The predicted octanol–water partition coefficient (Wildman–Crippen LogP) is 4.04. The Morgan fingerprint density at radius 2 is 2.04 bits per heavy atom. The first-order valence-corrected chi connectivity index (χ1v) is 8.59. The number of likely N-dealkylation sites (tertiary alicyclic amines) is 1. The van der Waals surface area contributed by atoms with Gasteiger partial charge in [-0.1, -0.05) is 34.4 Å². The third-order valence-corrected chi connectivity index (χ3v) is 4.95. The first kappa shape index (κ1) is 17.8. The molecule has 1 N–H and O–H groups in total. The minimum atomic E-state index is -0.930. The van der Waals surface area contributed by atoms with Crippen molar-refractivity contribution < 1.29 is 19.2 Å². The molecule has 1 unspecified atom stereocenters. The minimum absolute atomic E-state index is 0.0851. The molecular formula is C17H16Cl2N2O4. The smallest absolute Gasteiger partial charge is 0.305 e. The average Bonchev–Trinajstić information content (AvgIpc) is 3.13. The second kappa shape index (κ2) is 7.06. The van der Waals surface area contributed by atoms with Crippen molar-refractivity contribution in [3.05, 3.63) is 39.6 Å². The molecule has 0 radical (unpaired) electrons. The van der Waals surface area contributed by atoms with Crippen LogP contribution in [0.25, 0.3) is 11.3 Å². The molecule has 2 heterocycles. The molecule has 3 rings (SSSR count). The van der Waals surface area contributed by atoms with Gasteiger partial charge >= 0.3 is 5.97 Å². The molecule has 1 atom stereocenters. The second-order valence-corrected chi connectivity index (χ2v) is 6.77. The molecule has 132 valence electrons. The monoisotopic (exact) mass is 382 g/mol. The van der Waals surface area contributed by atoms with E-state index in [9.17, 15) is 9.59 Å². The Kier molecular flexibility index (Phi) is 5.01. The Bertz CT molecular complexity index is 814. The number of halogens is 2. The molecule has 1 aromatic heterocycles. The van der Waals surface area contributed by atoms with Gasteiger partial charge in [-0.15, -0.1) is 0 Å². The molecule has 25 heavy (non-hydrogen) atoms. The predicted molar refractivity (Wildman–Crippen MR) is 93.0 cm³/mol. The standard InChI is InChI=1S/C17H16Cl2N2O4/c1-9-14(17(24)21-7-3-4-10(21)8-13(22)23)16(20-25-9)15-11(18)5-2-6-12(15)19/h2,5-6,10H,3-4,7-8H2,1H3,(H,22,23). The van der Waals surface area contributed by atoms with Gasteiger partial charge < -0.3 is 14.5 Å². The summed E-state index contributed by atoms with van der Waals surface area (Å²) in [6.45, 7) is 2.13. The topological polar surface area (TPSA) is 83.6 Å². The van der Waals surface area contributed by atoms with Gasteiger partial charge in [-0.2, -0.15) is 0 Å². The van der Waals surface area contributed by atoms with Crippen LogP contribution >= 0.6 is 23.2 Å². The molecule has 8 heteroatoms. The van der Waals surface area contributed by atoms with Crippen molar-refractivity contribution in [2.45, 2.75) is 32.2 Å². The number of aromatic nitrogens is 1. The van der Waals surface area contributed by atoms with E-state index in [1.807, 2.05) is 0 Å². The van der Waals surface area contributed by atoms with Gasteiger partial charge in [0, 0.05) is 18.2 Å². The lowest BCUT2D eigenvalue weighted by Crippen LogP contribution is -2.37. The summed E-state index contributed by atoms with van der Waals surface area (Å²) in [7, 11) is 0. The molecule has 1 aliphatic heterocycles. The fraction of sp³-hybridized carbons (Fsp3) is 0.353. The number of hydrogen-bond acceptors (Lipinski definition) is 4. The number of benzene rings is 1. The zero-order chi connectivity index (χ0) is 18.1. The Morgan fingerprint density at radius 1 is 1.36 bits per heavy atom. The summed E-state index contributed by atoms with van der Waals surface area (Å²) in [6.07, 6.45) is 1.33. The number of carboxylic acid groups (broad SMARTS) is 1. The molecule has 1 aliphatic rings. The van der Waals surface area contributed by atoms with Crippen LogP contribution in [-0.2, 0) is 4.79 Å². The molecule has 1 saturated heterocycles. The molecule has 2 aromatic rings. The maximum atomic E-state index is 13.1. The van der Waals surface area contributed by atoms with Gasteiger partial charge in [-0.3, -0.25) is 9.59 Å². The van der Waals surface area contributed by atoms with Crippen LogP contribution in [0.15, 0.2) is 22.7 Å². The van der Waals surface area contributed by atoms with E-state index in [4.69, 9.17) is 32.8 Å². The minimum Gasteiger partial charge on any atom is -0.481 e. The summed E-state index contributed by atoms with van der Waals surface area (Å²) in [5.74, 6) is -0.897. The van der Waals surface area contributed by atoms with Crippen molar-refractivity contribution in [2.75, 3.05) is 6.54 Å². The Hall–Kier alpha value is -2.05. The third kappa shape index (κ3) is 3.37. The number of hydrogen-bond donors (Lipinski definition) is 1. The Morgan fingerprint density at radius 3 is 2.68 bits per heavy atom. The molecule has 0 saturated carbocycles. The number of amides is 1. The van der Waals surface area contributed by atoms with E-state index in [0.717, 1.165) is 6.42 Å². The van der Waals surface area contributed by atoms with Gasteiger partial charge in [0.1, 0.15) is 17.0 Å². The van der Waals surface area contributed by atoms with Crippen LogP contribution in [-0.4, -0.2) is 39.6 Å². The van der Waals surface area contributed by atoms with Gasteiger partial charge in [0.25, 0.3) is 5.91 Å². The van der Waals surface area contributed by atoms with E-state index >= 15 is 0 Å².